The first kappa shape index (κ1) is 18.1. The van der Waals surface area contributed by atoms with Crippen LogP contribution in [0.2, 0.25) is 0 Å². The van der Waals surface area contributed by atoms with Crippen molar-refractivity contribution in [2.75, 3.05) is 13.2 Å². The summed E-state index contributed by atoms with van der Waals surface area (Å²) in [6, 6.07) is 14.9. The van der Waals surface area contributed by atoms with Gasteiger partial charge in [0.1, 0.15) is 0 Å². The lowest BCUT2D eigenvalue weighted by atomic mass is 10.0. The molecule has 1 atom stereocenters. The summed E-state index contributed by atoms with van der Waals surface area (Å²) in [5, 5.41) is 12.7. The Balaban J connectivity index is 1.82. The number of nitrogens with zero attached hydrogens (tertiary/aromatic N) is 2. The van der Waals surface area contributed by atoms with E-state index in [0.717, 1.165) is 28.5 Å². The molecule has 1 fully saturated rings. The molecule has 1 aliphatic heterocycles. The quantitative estimate of drug-likeness (QED) is 0.565. The van der Waals surface area contributed by atoms with Crippen LogP contribution in [0.3, 0.4) is 0 Å². The largest absolute Gasteiger partial charge is 0.394 e. The fraction of sp³-hybridized carbons (Fsp3) is 0.217. The Labute approximate surface area is 171 Å². The zero-order chi connectivity index (χ0) is 20.0. The highest BCUT2D eigenvalue weighted by Crippen LogP contribution is 2.31. The minimum atomic E-state index is -0.169. The first-order valence-corrected chi connectivity index (χ1v) is 10.6. The summed E-state index contributed by atoms with van der Waals surface area (Å²) < 4.78 is 2.52. The smallest absolute Gasteiger partial charge is 0.263 e. The molecule has 5 rings (SSSR count). The number of hydrogen-bond acceptors (Lipinski definition) is 4. The van der Waals surface area contributed by atoms with E-state index in [1.807, 2.05) is 47.8 Å². The van der Waals surface area contributed by atoms with Gasteiger partial charge in [-0.3, -0.25) is 14.0 Å². The second-order valence-electron chi connectivity index (χ2n) is 7.36. The standard InChI is InChI=1S/C23H20N2O3S/c26-14-17-7-4-10-24(17)23(28)19-13-18(15-5-2-1-3-6-15)22(27)25-11-8-16-9-12-29-21(16)20(19)25/h1-3,5-6,8-9,11-13,17,26H,4,7,10,14H2/t17-/m0/s1. The van der Waals surface area contributed by atoms with Crippen LogP contribution < -0.4 is 5.56 Å². The van der Waals surface area contributed by atoms with Crippen LogP contribution in [0.1, 0.15) is 23.2 Å². The summed E-state index contributed by atoms with van der Waals surface area (Å²) in [7, 11) is 0. The summed E-state index contributed by atoms with van der Waals surface area (Å²) in [5.74, 6) is -0.128. The highest BCUT2D eigenvalue weighted by molar-refractivity contribution is 7.18. The van der Waals surface area contributed by atoms with Crippen molar-refractivity contribution in [3.63, 3.8) is 0 Å². The number of thiophene rings is 1. The third-order valence-corrected chi connectivity index (χ3v) is 6.65. The molecule has 1 amide bonds. The molecule has 146 valence electrons. The van der Waals surface area contributed by atoms with Crippen LogP contribution in [0.25, 0.3) is 26.7 Å². The van der Waals surface area contributed by atoms with Crippen LogP contribution in [0.15, 0.2) is 64.9 Å². The first-order chi connectivity index (χ1) is 14.2. The number of likely N-dealkylation sites (tertiary alicyclic amines) is 1. The summed E-state index contributed by atoms with van der Waals surface area (Å²) in [6.07, 6.45) is 3.43. The van der Waals surface area contributed by atoms with E-state index in [-0.39, 0.29) is 24.1 Å². The van der Waals surface area contributed by atoms with Gasteiger partial charge in [-0.05, 0) is 47.4 Å². The van der Waals surface area contributed by atoms with Crippen molar-refractivity contribution in [1.29, 1.82) is 0 Å². The third-order valence-electron chi connectivity index (χ3n) is 5.71. The van der Waals surface area contributed by atoms with Gasteiger partial charge in [-0.25, -0.2) is 0 Å². The van der Waals surface area contributed by atoms with Crippen molar-refractivity contribution in [2.45, 2.75) is 18.9 Å². The van der Waals surface area contributed by atoms with E-state index in [0.29, 0.717) is 23.2 Å². The summed E-state index contributed by atoms with van der Waals surface area (Å²) in [6.45, 7) is 0.576. The van der Waals surface area contributed by atoms with Crippen LogP contribution in [0.4, 0.5) is 0 Å². The molecule has 0 spiro atoms. The number of aliphatic hydroxyl groups is 1. The van der Waals surface area contributed by atoms with Gasteiger partial charge in [0.15, 0.2) is 0 Å². The molecule has 0 saturated carbocycles. The Hall–Kier alpha value is -2.96. The maximum atomic E-state index is 13.6. The molecule has 1 aromatic carbocycles. The van der Waals surface area contributed by atoms with Gasteiger partial charge in [0.25, 0.3) is 11.5 Å². The molecular formula is C23H20N2O3S. The van der Waals surface area contributed by atoms with E-state index < -0.39 is 0 Å². The zero-order valence-corrected chi connectivity index (χ0v) is 16.6. The van der Waals surface area contributed by atoms with Crippen molar-refractivity contribution in [3.8, 4) is 11.1 Å². The number of carbonyl (C=O) groups excluding carboxylic acids is 1. The number of carbonyl (C=O) groups is 1. The van der Waals surface area contributed by atoms with E-state index in [4.69, 9.17) is 0 Å². The Morgan fingerprint density at radius 1 is 1.17 bits per heavy atom. The number of rotatable bonds is 3. The normalized spacial score (nSPS) is 16.7. The van der Waals surface area contributed by atoms with Gasteiger partial charge in [0.05, 0.1) is 28.4 Å². The van der Waals surface area contributed by atoms with E-state index in [1.165, 1.54) is 11.3 Å². The number of aromatic nitrogens is 1. The fourth-order valence-corrected chi connectivity index (χ4v) is 5.19. The average molecular weight is 404 g/mol. The molecule has 0 radical (unpaired) electrons. The molecule has 0 bridgehead atoms. The molecule has 0 unspecified atom stereocenters. The van der Waals surface area contributed by atoms with Crippen molar-refractivity contribution in [3.05, 3.63) is 76.0 Å². The highest BCUT2D eigenvalue weighted by atomic mass is 32.1. The molecule has 5 nitrogen and oxygen atoms in total. The minimum absolute atomic E-state index is 0.0452. The van der Waals surface area contributed by atoms with Gasteiger partial charge in [-0.2, -0.15) is 0 Å². The Morgan fingerprint density at radius 2 is 2.00 bits per heavy atom. The number of aliphatic hydroxyl groups excluding tert-OH is 1. The lowest BCUT2D eigenvalue weighted by Crippen LogP contribution is -2.38. The predicted molar refractivity (Wildman–Crippen MR) is 116 cm³/mol. The molecule has 1 N–H and O–H groups in total. The molecule has 0 aliphatic carbocycles. The first-order valence-electron chi connectivity index (χ1n) is 9.72. The SMILES string of the molecule is O=C(c1cc(-c2ccccc2)c(=O)n2ccc3ccsc3c12)N1CCC[C@H]1CO. The Kier molecular flexibility index (Phi) is 4.45. The third kappa shape index (κ3) is 2.87. The maximum Gasteiger partial charge on any atom is 0.263 e. The highest BCUT2D eigenvalue weighted by Gasteiger charge is 2.31. The minimum Gasteiger partial charge on any atom is -0.394 e. The van der Waals surface area contributed by atoms with Gasteiger partial charge >= 0.3 is 0 Å². The average Bonchev–Trinajstić information content (AvgIpc) is 3.43. The van der Waals surface area contributed by atoms with E-state index in [1.54, 1.807) is 21.6 Å². The number of benzene rings is 1. The number of hydrogen-bond donors (Lipinski definition) is 1. The number of amides is 1. The predicted octanol–water partition coefficient (Wildman–Crippen LogP) is 3.78. The lowest BCUT2D eigenvalue weighted by molar-refractivity contribution is 0.0679. The van der Waals surface area contributed by atoms with Crippen molar-refractivity contribution in [2.24, 2.45) is 0 Å². The van der Waals surface area contributed by atoms with Crippen molar-refractivity contribution >= 4 is 32.8 Å². The molecular weight excluding hydrogens is 384 g/mol. The fourth-order valence-electron chi connectivity index (χ4n) is 4.24. The van der Waals surface area contributed by atoms with Gasteiger partial charge in [-0.1, -0.05) is 30.3 Å². The molecule has 29 heavy (non-hydrogen) atoms. The molecule has 1 saturated heterocycles. The topological polar surface area (TPSA) is 62.0 Å². The zero-order valence-electron chi connectivity index (χ0n) is 15.7. The molecule has 6 heteroatoms. The van der Waals surface area contributed by atoms with Gasteiger partial charge in [-0.15, -0.1) is 11.3 Å². The van der Waals surface area contributed by atoms with Crippen LogP contribution in [-0.4, -0.2) is 39.5 Å². The van der Waals surface area contributed by atoms with Crippen molar-refractivity contribution in [1.82, 2.24) is 9.30 Å². The van der Waals surface area contributed by atoms with E-state index >= 15 is 0 Å². The van der Waals surface area contributed by atoms with Crippen LogP contribution in [0.5, 0.6) is 0 Å². The Bertz CT molecular complexity index is 1280. The second-order valence-corrected chi connectivity index (χ2v) is 8.28. The van der Waals surface area contributed by atoms with Gasteiger partial charge < -0.3 is 10.0 Å². The summed E-state index contributed by atoms with van der Waals surface area (Å²) in [4.78, 5) is 28.7. The van der Waals surface area contributed by atoms with Crippen LogP contribution in [0, 0.1) is 0 Å². The summed E-state index contributed by atoms with van der Waals surface area (Å²) in [5.41, 5.74) is 2.31. The van der Waals surface area contributed by atoms with Gasteiger partial charge in [0, 0.05) is 18.3 Å². The van der Waals surface area contributed by atoms with Crippen LogP contribution in [-0.2, 0) is 0 Å². The van der Waals surface area contributed by atoms with E-state index in [2.05, 4.69) is 0 Å². The summed E-state index contributed by atoms with van der Waals surface area (Å²) >= 11 is 1.53. The molecule has 4 heterocycles. The van der Waals surface area contributed by atoms with E-state index in [9.17, 15) is 14.7 Å². The lowest BCUT2D eigenvalue weighted by Gasteiger charge is -2.24. The second kappa shape index (κ2) is 7.13. The molecule has 4 aromatic rings. The van der Waals surface area contributed by atoms with Gasteiger partial charge in [0.2, 0.25) is 0 Å². The Morgan fingerprint density at radius 3 is 2.79 bits per heavy atom. The molecule has 3 aromatic heterocycles. The molecule has 1 aliphatic rings. The van der Waals surface area contributed by atoms with Crippen LogP contribution >= 0.6 is 11.3 Å². The number of pyridine rings is 2. The van der Waals surface area contributed by atoms with Crippen molar-refractivity contribution < 1.29 is 9.90 Å². The monoisotopic (exact) mass is 404 g/mol. The maximum absolute atomic E-state index is 13.6. The number of fused-ring (bicyclic) bond motifs is 3.